The number of carbonyl (C=O) groups is 2. The van der Waals surface area contributed by atoms with Crippen molar-refractivity contribution in [1.82, 2.24) is 5.32 Å². The number of carbonyl (C=O) groups excluding carboxylic acids is 1. The summed E-state index contributed by atoms with van der Waals surface area (Å²) in [6.07, 6.45) is 0.334. The number of ether oxygens (including phenoxy) is 1. The van der Waals surface area contributed by atoms with Crippen molar-refractivity contribution in [2.45, 2.75) is 20.3 Å². The van der Waals surface area contributed by atoms with Crippen LogP contribution in [0.3, 0.4) is 0 Å². The van der Waals surface area contributed by atoms with Gasteiger partial charge in [-0.25, -0.2) is 4.79 Å². The van der Waals surface area contributed by atoms with Gasteiger partial charge in [0.15, 0.2) is 6.61 Å². The highest BCUT2D eigenvalue weighted by Crippen LogP contribution is 2.25. The Morgan fingerprint density at radius 1 is 1.19 bits per heavy atom. The number of aliphatic carboxylic acids is 1. The van der Waals surface area contributed by atoms with Crippen LogP contribution in [0.4, 0.5) is 5.69 Å². The third-order valence-electron chi connectivity index (χ3n) is 3.93. The summed E-state index contributed by atoms with van der Waals surface area (Å²) < 4.78 is 5.24. The highest BCUT2D eigenvalue weighted by molar-refractivity contribution is 5.94. The average Bonchev–Trinajstić information content (AvgIpc) is 2.60. The Labute approximate surface area is 155 Å². The number of carboxylic acids is 1. The number of nitrogens with zero attached hydrogens (tertiary/aromatic N) is 1. The van der Waals surface area contributed by atoms with Gasteiger partial charge in [-0.2, -0.15) is 0 Å². The SMILES string of the molecule is Cc1cc(C(=O)NCCc2ccccc2[N+](=O)[O-])cc(C)c1OCC(=O)O. The fourth-order valence-electron chi connectivity index (χ4n) is 2.76. The first kappa shape index (κ1) is 19.9. The van der Waals surface area contributed by atoms with Crippen molar-refractivity contribution in [2.75, 3.05) is 13.2 Å². The molecule has 0 radical (unpaired) electrons. The normalized spacial score (nSPS) is 10.3. The lowest BCUT2D eigenvalue weighted by Crippen LogP contribution is -2.26. The van der Waals surface area contributed by atoms with Gasteiger partial charge in [0.1, 0.15) is 5.75 Å². The Kier molecular flexibility index (Phi) is 6.48. The van der Waals surface area contributed by atoms with Crippen LogP contribution in [-0.4, -0.2) is 35.1 Å². The lowest BCUT2D eigenvalue weighted by atomic mass is 10.0. The summed E-state index contributed by atoms with van der Waals surface area (Å²) >= 11 is 0. The number of benzene rings is 2. The van der Waals surface area contributed by atoms with Gasteiger partial charge >= 0.3 is 5.97 Å². The Hall–Kier alpha value is -3.42. The molecule has 0 bridgehead atoms. The molecule has 2 N–H and O–H groups in total. The molecule has 27 heavy (non-hydrogen) atoms. The minimum absolute atomic E-state index is 0.0263. The van der Waals surface area contributed by atoms with Gasteiger partial charge in [0.05, 0.1) is 4.92 Å². The molecule has 0 atom stereocenters. The van der Waals surface area contributed by atoms with E-state index in [0.29, 0.717) is 34.4 Å². The zero-order valence-corrected chi connectivity index (χ0v) is 15.0. The van der Waals surface area contributed by atoms with Crippen molar-refractivity contribution < 1.29 is 24.4 Å². The fourth-order valence-corrected chi connectivity index (χ4v) is 2.76. The number of para-hydroxylation sites is 1. The zero-order chi connectivity index (χ0) is 20.0. The molecule has 0 aliphatic carbocycles. The van der Waals surface area contributed by atoms with Gasteiger partial charge in [-0.3, -0.25) is 14.9 Å². The third-order valence-corrected chi connectivity index (χ3v) is 3.93. The molecule has 2 rings (SSSR count). The van der Waals surface area contributed by atoms with Crippen LogP contribution in [-0.2, 0) is 11.2 Å². The van der Waals surface area contributed by atoms with Gasteiger partial charge in [-0.15, -0.1) is 0 Å². The molecule has 0 heterocycles. The van der Waals surface area contributed by atoms with Crippen LogP contribution in [0.5, 0.6) is 5.75 Å². The summed E-state index contributed by atoms with van der Waals surface area (Å²) in [6, 6.07) is 9.63. The van der Waals surface area contributed by atoms with Crippen molar-refractivity contribution in [1.29, 1.82) is 0 Å². The lowest BCUT2D eigenvalue weighted by Gasteiger charge is -2.13. The molecule has 142 valence electrons. The minimum Gasteiger partial charge on any atom is -0.481 e. The predicted molar refractivity (Wildman–Crippen MR) is 98.2 cm³/mol. The number of nitro groups is 1. The van der Waals surface area contributed by atoms with E-state index in [1.165, 1.54) is 6.07 Å². The summed E-state index contributed by atoms with van der Waals surface area (Å²) in [6.45, 7) is 3.25. The molecule has 8 nitrogen and oxygen atoms in total. The van der Waals surface area contributed by atoms with Gasteiger partial charge in [0.25, 0.3) is 11.6 Å². The second-order valence-electron chi connectivity index (χ2n) is 6.01. The first-order chi connectivity index (χ1) is 12.8. The second-order valence-corrected chi connectivity index (χ2v) is 6.01. The second kappa shape index (κ2) is 8.79. The monoisotopic (exact) mass is 372 g/mol. The average molecular weight is 372 g/mol. The van der Waals surface area contributed by atoms with E-state index < -0.39 is 17.5 Å². The quantitative estimate of drug-likeness (QED) is 0.543. The largest absolute Gasteiger partial charge is 0.481 e. The number of hydrogen-bond donors (Lipinski definition) is 2. The number of carboxylic acid groups (broad SMARTS) is 1. The molecule has 2 aromatic carbocycles. The van der Waals surface area contributed by atoms with Gasteiger partial charge in [0.2, 0.25) is 0 Å². The number of nitrogens with one attached hydrogen (secondary N) is 1. The van der Waals surface area contributed by atoms with Crippen LogP contribution < -0.4 is 10.1 Å². The van der Waals surface area contributed by atoms with Crippen molar-refractivity contribution in [3.8, 4) is 5.75 Å². The third kappa shape index (κ3) is 5.27. The van der Waals surface area contributed by atoms with Gasteiger partial charge in [-0.1, -0.05) is 18.2 Å². The number of hydrogen-bond acceptors (Lipinski definition) is 5. The van der Waals surface area contributed by atoms with Crippen molar-refractivity contribution in [3.63, 3.8) is 0 Å². The van der Waals surface area contributed by atoms with E-state index >= 15 is 0 Å². The topological polar surface area (TPSA) is 119 Å². The van der Waals surface area contributed by atoms with E-state index in [1.807, 2.05) is 0 Å². The summed E-state index contributed by atoms with van der Waals surface area (Å²) in [5.74, 6) is -0.955. The van der Waals surface area contributed by atoms with E-state index in [0.717, 1.165) is 0 Å². The molecule has 0 saturated heterocycles. The fraction of sp³-hybridized carbons (Fsp3) is 0.263. The van der Waals surface area contributed by atoms with Crippen molar-refractivity contribution >= 4 is 17.6 Å². The first-order valence-corrected chi connectivity index (χ1v) is 8.26. The van der Waals surface area contributed by atoms with E-state index in [9.17, 15) is 19.7 Å². The van der Waals surface area contributed by atoms with Crippen LogP contribution in [0.15, 0.2) is 36.4 Å². The number of aryl methyl sites for hydroxylation is 2. The first-order valence-electron chi connectivity index (χ1n) is 8.26. The van der Waals surface area contributed by atoms with Crippen LogP contribution in [0.2, 0.25) is 0 Å². The maximum Gasteiger partial charge on any atom is 0.341 e. The Morgan fingerprint density at radius 2 is 1.81 bits per heavy atom. The van der Waals surface area contributed by atoms with Crippen LogP contribution in [0, 0.1) is 24.0 Å². The molecular weight excluding hydrogens is 352 g/mol. The Morgan fingerprint density at radius 3 is 2.41 bits per heavy atom. The Balaban J connectivity index is 2.02. The number of nitro benzene ring substituents is 1. The van der Waals surface area contributed by atoms with Crippen LogP contribution in [0.1, 0.15) is 27.0 Å². The molecule has 0 aromatic heterocycles. The molecule has 0 aliphatic heterocycles. The molecule has 0 aliphatic rings. The van der Waals surface area contributed by atoms with Crippen molar-refractivity contribution in [3.05, 3.63) is 68.8 Å². The highest BCUT2D eigenvalue weighted by Gasteiger charge is 2.14. The minimum atomic E-state index is -1.08. The van der Waals surface area contributed by atoms with Gasteiger partial charge in [-0.05, 0) is 43.5 Å². The highest BCUT2D eigenvalue weighted by atomic mass is 16.6. The van der Waals surface area contributed by atoms with Crippen LogP contribution >= 0.6 is 0 Å². The van der Waals surface area contributed by atoms with Crippen molar-refractivity contribution in [2.24, 2.45) is 0 Å². The summed E-state index contributed by atoms with van der Waals surface area (Å²) in [7, 11) is 0. The van der Waals surface area contributed by atoms with E-state index in [1.54, 1.807) is 44.2 Å². The number of amides is 1. The van der Waals surface area contributed by atoms with Gasteiger partial charge < -0.3 is 15.2 Å². The standard InChI is InChI=1S/C19H20N2O6/c1-12-9-15(10-13(2)18(12)27-11-17(22)23)19(24)20-8-7-14-5-3-4-6-16(14)21(25)26/h3-6,9-10H,7-8,11H2,1-2H3,(H,20,24)(H,22,23). The maximum absolute atomic E-state index is 12.4. The predicted octanol–water partition coefficient (Wildman–Crippen LogP) is 2.65. The molecule has 0 unspecified atom stereocenters. The molecule has 1 amide bonds. The summed E-state index contributed by atoms with van der Waals surface area (Å²) in [5.41, 5.74) is 2.29. The van der Waals surface area contributed by atoms with E-state index in [2.05, 4.69) is 5.32 Å². The molecule has 2 aromatic rings. The summed E-state index contributed by atoms with van der Waals surface area (Å²) in [4.78, 5) is 33.6. The maximum atomic E-state index is 12.4. The smallest absolute Gasteiger partial charge is 0.341 e. The van der Waals surface area contributed by atoms with Gasteiger partial charge in [0, 0.05) is 23.7 Å². The number of rotatable bonds is 8. The molecule has 0 saturated carbocycles. The van der Waals surface area contributed by atoms with E-state index in [-0.39, 0.29) is 18.1 Å². The molecule has 0 fully saturated rings. The lowest BCUT2D eigenvalue weighted by molar-refractivity contribution is -0.385. The molecule has 0 spiro atoms. The van der Waals surface area contributed by atoms with Crippen LogP contribution in [0.25, 0.3) is 0 Å². The summed E-state index contributed by atoms with van der Waals surface area (Å²) in [5, 5.41) is 22.5. The zero-order valence-electron chi connectivity index (χ0n) is 15.0. The Bertz CT molecular complexity index is 855. The molecule has 8 heteroatoms. The van der Waals surface area contributed by atoms with E-state index in [4.69, 9.17) is 9.84 Å². The molecular formula is C19H20N2O6.